The topological polar surface area (TPSA) is 29.5 Å². The van der Waals surface area contributed by atoms with Crippen molar-refractivity contribution in [3.63, 3.8) is 0 Å². The van der Waals surface area contributed by atoms with Gasteiger partial charge in [0.2, 0.25) is 0 Å². The zero-order valence-corrected chi connectivity index (χ0v) is 9.72. The van der Waals surface area contributed by atoms with Gasteiger partial charge in [-0.15, -0.1) is 11.8 Å². The Hall–Kier alpha value is -0.670. The second kappa shape index (κ2) is 4.90. The van der Waals surface area contributed by atoms with Crippen LogP contribution in [0.2, 0.25) is 0 Å². The molecule has 0 radical (unpaired) electrons. The highest BCUT2D eigenvalue weighted by Crippen LogP contribution is 2.37. The number of aliphatic hydroxyl groups is 1. The molecule has 1 N–H and O–H groups in total. The largest absolute Gasteiger partial charge is 0.464 e. The van der Waals surface area contributed by atoms with E-state index in [2.05, 4.69) is 6.07 Å². The Morgan fingerprint density at radius 2 is 2.40 bits per heavy atom. The number of hydrogen-bond donors (Lipinski definition) is 1. The van der Waals surface area contributed by atoms with Gasteiger partial charge in [0.25, 0.3) is 0 Å². The van der Waals surface area contributed by atoms with Crippen LogP contribution in [0, 0.1) is 0 Å². The second-order valence-electron chi connectivity index (χ2n) is 3.68. The monoisotopic (exact) mass is 224 g/mol. The average Bonchev–Trinajstić information content (AvgIpc) is 2.29. The van der Waals surface area contributed by atoms with Crippen LogP contribution in [0.3, 0.4) is 0 Å². The molecule has 15 heavy (non-hydrogen) atoms. The Morgan fingerprint density at radius 3 is 3.20 bits per heavy atom. The summed E-state index contributed by atoms with van der Waals surface area (Å²) in [6.45, 7) is 1.91. The number of hydrogen-bond acceptors (Lipinski definition) is 3. The molecule has 3 heteroatoms. The van der Waals surface area contributed by atoms with E-state index in [1.54, 1.807) is 0 Å². The van der Waals surface area contributed by atoms with Crippen LogP contribution in [0.5, 0.6) is 5.75 Å². The first-order valence-electron chi connectivity index (χ1n) is 5.40. The normalized spacial score (nSPS) is 16.9. The summed E-state index contributed by atoms with van der Waals surface area (Å²) in [6.07, 6.45) is 2.30. The van der Waals surface area contributed by atoms with Gasteiger partial charge in [-0.05, 0) is 30.2 Å². The molecule has 0 aliphatic carbocycles. The fourth-order valence-electron chi connectivity index (χ4n) is 1.68. The van der Waals surface area contributed by atoms with Crippen LogP contribution in [0.4, 0.5) is 0 Å². The molecule has 2 rings (SSSR count). The third-order valence-electron chi connectivity index (χ3n) is 2.51. The molecule has 1 aliphatic rings. The predicted molar refractivity (Wildman–Crippen MR) is 62.4 cm³/mol. The zero-order chi connectivity index (χ0) is 10.7. The fourth-order valence-corrected chi connectivity index (χ4v) is 2.79. The van der Waals surface area contributed by atoms with Crippen molar-refractivity contribution in [2.24, 2.45) is 0 Å². The van der Waals surface area contributed by atoms with E-state index in [1.165, 1.54) is 16.9 Å². The molecule has 0 amide bonds. The van der Waals surface area contributed by atoms with Gasteiger partial charge in [0.05, 0.1) is 4.90 Å². The van der Waals surface area contributed by atoms with Gasteiger partial charge in [0.1, 0.15) is 5.75 Å². The Morgan fingerprint density at radius 1 is 1.53 bits per heavy atom. The summed E-state index contributed by atoms with van der Waals surface area (Å²) in [5, 5.41) is 9.48. The first-order valence-corrected chi connectivity index (χ1v) is 6.39. The van der Waals surface area contributed by atoms with Gasteiger partial charge in [0.15, 0.2) is 6.29 Å². The maximum absolute atomic E-state index is 9.48. The number of aryl methyl sites for hydroxylation is 1. The van der Waals surface area contributed by atoms with Gasteiger partial charge >= 0.3 is 0 Å². The quantitative estimate of drug-likeness (QED) is 0.801. The van der Waals surface area contributed by atoms with Crippen LogP contribution < -0.4 is 4.74 Å². The van der Waals surface area contributed by atoms with E-state index < -0.39 is 6.29 Å². The molecule has 2 nitrogen and oxygen atoms in total. The number of rotatable bonds is 3. The third kappa shape index (κ3) is 2.47. The van der Waals surface area contributed by atoms with Gasteiger partial charge in [-0.3, -0.25) is 0 Å². The van der Waals surface area contributed by atoms with Crippen molar-refractivity contribution in [2.75, 3.05) is 5.75 Å². The third-order valence-corrected chi connectivity index (χ3v) is 3.75. The molecule has 0 bridgehead atoms. The summed E-state index contributed by atoms with van der Waals surface area (Å²) >= 11 is 1.83. The van der Waals surface area contributed by atoms with Crippen molar-refractivity contribution < 1.29 is 9.84 Å². The minimum absolute atomic E-state index is 0.619. The van der Waals surface area contributed by atoms with Gasteiger partial charge in [-0.2, -0.15) is 0 Å². The van der Waals surface area contributed by atoms with E-state index in [0.29, 0.717) is 6.42 Å². The van der Waals surface area contributed by atoms with Gasteiger partial charge < -0.3 is 9.84 Å². The summed E-state index contributed by atoms with van der Waals surface area (Å²) in [5.74, 6) is 1.99. The van der Waals surface area contributed by atoms with Crippen LogP contribution in [0.15, 0.2) is 23.1 Å². The molecule has 0 saturated heterocycles. The molecule has 0 fully saturated rings. The van der Waals surface area contributed by atoms with Gasteiger partial charge in [-0.1, -0.05) is 19.1 Å². The Labute approximate surface area is 94.6 Å². The molecule has 0 saturated carbocycles. The smallest absolute Gasteiger partial charge is 0.197 e. The Bertz CT molecular complexity index is 338. The highest BCUT2D eigenvalue weighted by Gasteiger charge is 2.15. The standard InChI is InChI=1S/C12H16O2S/c1-2-11(13)14-10-7-3-5-9-6-4-8-15-12(9)10/h3,5,7,11,13H,2,4,6,8H2,1H3. The summed E-state index contributed by atoms with van der Waals surface area (Å²) in [5.41, 5.74) is 1.35. The Balaban J connectivity index is 2.23. The van der Waals surface area contributed by atoms with Crippen molar-refractivity contribution in [2.45, 2.75) is 37.4 Å². The lowest BCUT2D eigenvalue weighted by atomic mass is 10.1. The minimum Gasteiger partial charge on any atom is -0.464 e. The number of thioether (sulfide) groups is 1. The lowest BCUT2D eigenvalue weighted by molar-refractivity contribution is -0.0211. The molecule has 0 spiro atoms. The van der Waals surface area contributed by atoms with Gasteiger partial charge in [0, 0.05) is 6.42 Å². The van der Waals surface area contributed by atoms with E-state index >= 15 is 0 Å². The maximum Gasteiger partial charge on any atom is 0.197 e. The van der Waals surface area contributed by atoms with E-state index in [0.717, 1.165) is 17.9 Å². The molecular weight excluding hydrogens is 208 g/mol. The van der Waals surface area contributed by atoms with Crippen LogP contribution in [-0.4, -0.2) is 17.1 Å². The van der Waals surface area contributed by atoms with Crippen molar-refractivity contribution in [3.05, 3.63) is 23.8 Å². The summed E-state index contributed by atoms with van der Waals surface area (Å²) in [6, 6.07) is 6.09. The van der Waals surface area contributed by atoms with Crippen molar-refractivity contribution in [1.82, 2.24) is 0 Å². The molecule has 82 valence electrons. The molecule has 0 aromatic heterocycles. The molecule has 1 aromatic carbocycles. The molecule has 1 unspecified atom stereocenters. The summed E-state index contributed by atoms with van der Waals surface area (Å²) in [7, 11) is 0. The fraction of sp³-hybridized carbons (Fsp3) is 0.500. The SMILES string of the molecule is CCC(O)Oc1cccc2c1SCCC2. The highest BCUT2D eigenvalue weighted by molar-refractivity contribution is 7.99. The molecule has 1 atom stereocenters. The number of fused-ring (bicyclic) bond motifs is 1. The number of ether oxygens (including phenoxy) is 1. The molecule has 1 aromatic rings. The van der Waals surface area contributed by atoms with Crippen LogP contribution in [-0.2, 0) is 6.42 Å². The van der Waals surface area contributed by atoms with E-state index in [4.69, 9.17) is 4.74 Å². The molecular formula is C12H16O2S. The van der Waals surface area contributed by atoms with Gasteiger partial charge in [-0.25, -0.2) is 0 Å². The lowest BCUT2D eigenvalue weighted by Gasteiger charge is -2.20. The van der Waals surface area contributed by atoms with Crippen LogP contribution in [0.1, 0.15) is 25.3 Å². The predicted octanol–water partition coefficient (Wildman–Crippen LogP) is 2.83. The summed E-state index contributed by atoms with van der Waals surface area (Å²) < 4.78 is 5.50. The zero-order valence-electron chi connectivity index (χ0n) is 8.90. The Kier molecular flexibility index (Phi) is 3.54. The van der Waals surface area contributed by atoms with Crippen molar-refractivity contribution >= 4 is 11.8 Å². The first-order chi connectivity index (χ1) is 7.31. The van der Waals surface area contributed by atoms with Crippen molar-refractivity contribution in [3.8, 4) is 5.75 Å². The maximum atomic E-state index is 9.48. The second-order valence-corrected chi connectivity index (χ2v) is 4.78. The number of benzene rings is 1. The van der Waals surface area contributed by atoms with E-state index in [9.17, 15) is 5.11 Å². The van der Waals surface area contributed by atoms with E-state index in [-0.39, 0.29) is 0 Å². The molecule has 1 heterocycles. The number of aliphatic hydroxyl groups excluding tert-OH is 1. The lowest BCUT2D eigenvalue weighted by Crippen LogP contribution is -2.15. The highest BCUT2D eigenvalue weighted by atomic mass is 32.2. The summed E-state index contributed by atoms with van der Waals surface area (Å²) in [4.78, 5) is 1.22. The van der Waals surface area contributed by atoms with Crippen LogP contribution >= 0.6 is 11.8 Å². The van der Waals surface area contributed by atoms with Crippen LogP contribution in [0.25, 0.3) is 0 Å². The average molecular weight is 224 g/mol. The first kappa shape index (κ1) is 10.8. The minimum atomic E-state index is -0.681. The molecule has 1 aliphatic heterocycles. The van der Waals surface area contributed by atoms with E-state index in [1.807, 2.05) is 30.8 Å². The van der Waals surface area contributed by atoms with Crippen molar-refractivity contribution in [1.29, 1.82) is 0 Å².